The normalized spacial score (nSPS) is 15.6. The number of aromatic amines is 1. The van der Waals surface area contributed by atoms with Crippen LogP contribution in [0.4, 0.5) is 0 Å². The predicted octanol–water partition coefficient (Wildman–Crippen LogP) is 3.42. The first-order valence-corrected chi connectivity index (χ1v) is 5.88. The summed E-state index contributed by atoms with van der Waals surface area (Å²) in [6.07, 6.45) is 2.66. The summed E-state index contributed by atoms with van der Waals surface area (Å²) in [5, 5.41) is 11.8. The molecule has 1 aromatic heterocycles. The number of rotatable bonds is 3. The van der Waals surface area contributed by atoms with Gasteiger partial charge >= 0.3 is 0 Å². The van der Waals surface area contributed by atoms with Gasteiger partial charge in [0.15, 0.2) is 0 Å². The molecule has 0 fully saturated rings. The molecule has 2 N–H and O–H groups in total. The van der Waals surface area contributed by atoms with E-state index in [0.717, 1.165) is 22.9 Å². The second-order valence-corrected chi connectivity index (χ2v) is 4.71. The van der Waals surface area contributed by atoms with Crippen molar-refractivity contribution in [3.8, 4) is 0 Å². The molecule has 0 amide bonds. The zero-order valence-corrected chi connectivity index (χ0v) is 10.1. The third-order valence-electron chi connectivity index (χ3n) is 3.55. The Bertz CT molecular complexity index is 486. The largest absolute Gasteiger partial charge is 0.385 e. The maximum absolute atomic E-state index is 10.7. The van der Waals surface area contributed by atoms with Gasteiger partial charge in [0.05, 0.1) is 5.60 Å². The lowest BCUT2D eigenvalue weighted by molar-refractivity contribution is -0.0139. The molecular formula is C14H19NO. The molecule has 1 heterocycles. The van der Waals surface area contributed by atoms with Crippen LogP contribution in [0.5, 0.6) is 0 Å². The van der Waals surface area contributed by atoms with E-state index in [1.807, 2.05) is 31.3 Å². The SMILES string of the molecule is CCC(O)(c1ccc2[nH]ccc2c1)C(C)C. The minimum Gasteiger partial charge on any atom is -0.385 e. The van der Waals surface area contributed by atoms with E-state index < -0.39 is 5.60 Å². The van der Waals surface area contributed by atoms with Crippen LogP contribution in [-0.2, 0) is 5.60 Å². The molecule has 0 bridgehead atoms. The van der Waals surface area contributed by atoms with Crippen LogP contribution in [0, 0.1) is 5.92 Å². The van der Waals surface area contributed by atoms with E-state index in [9.17, 15) is 5.11 Å². The van der Waals surface area contributed by atoms with Gasteiger partial charge in [0.1, 0.15) is 0 Å². The Kier molecular flexibility index (Phi) is 2.76. The summed E-state index contributed by atoms with van der Waals surface area (Å²) >= 11 is 0. The minimum absolute atomic E-state index is 0.217. The van der Waals surface area contributed by atoms with Gasteiger partial charge in [-0.1, -0.05) is 26.8 Å². The zero-order chi connectivity index (χ0) is 11.8. The van der Waals surface area contributed by atoms with Crippen LogP contribution in [0.25, 0.3) is 10.9 Å². The van der Waals surface area contributed by atoms with E-state index in [1.54, 1.807) is 0 Å². The Balaban J connectivity index is 2.52. The summed E-state index contributed by atoms with van der Waals surface area (Å²) in [6.45, 7) is 6.15. The third kappa shape index (κ3) is 1.63. The highest BCUT2D eigenvalue weighted by molar-refractivity contribution is 5.80. The maximum Gasteiger partial charge on any atom is 0.0916 e. The lowest BCUT2D eigenvalue weighted by Crippen LogP contribution is -2.31. The van der Waals surface area contributed by atoms with E-state index in [-0.39, 0.29) is 5.92 Å². The van der Waals surface area contributed by atoms with Crippen LogP contribution in [0.15, 0.2) is 30.5 Å². The molecular weight excluding hydrogens is 198 g/mol. The second kappa shape index (κ2) is 3.95. The summed E-state index contributed by atoms with van der Waals surface area (Å²) < 4.78 is 0. The number of hydrogen-bond acceptors (Lipinski definition) is 1. The molecule has 1 aromatic carbocycles. The molecule has 1 unspecified atom stereocenters. The van der Waals surface area contributed by atoms with Gasteiger partial charge in [-0.05, 0) is 41.5 Å². The van der Waals surface area contributed by atoms with Crippen molar-refractivity contribution in [2.45, 2.75) is 32.8 Å². The van der Waals surface area contributed by atoms with Gasteiger partial charge in [-0.25, -0.2) is 0 Å². The van der Waals surface area contributed by atoms with Crippen molar-refractivity contribution in [1.29, 1.82) is 0 Å². The van der Waals surface area contributed by atoms with Crippen LogP contribution in [0.1, 0.15) is 32.8 Å². The number of fused-ring (bicyclic) bond motifs is 1. The lowest BCUT2D eigenvalue weighted by Gasteiger charge is -2.31. The van der Waals surface area contributed by atoms with Gasteiger partial charge in [0, 0.05) is 11.7 Å². The maximum atomic E-state index is 10.7. The van der Waals surface area contributed by atoms with Gasteiger partial charge in [-0.2, -0.15) is 0 Å². The molecule has 1 atom stereocenters. The number of nitrogens with one attached hydrogen (secondary N) is 1. The number of aromatic nitrogens is 1. The number of aliphatic hydroxyl groups is 1. The lowest BCUT2D eigenvalue weighted by atomic mass is 9.81. The van der Waals surface area contributed by atoms with E-state index in [0.29, 0.717) is 0 Å². The number of hydrogen-bond donors (Lipinski definition) is 2. The first-order chi connectivity index (χ1) is 7.58. The van der Waals surface area contributed by atoms with Gasteiger partial charge in [0.2, 0.25) is 0 Å². The Hall–Kier alpha value is -1.28. The van der Waals surface area contributed by atoms with Crippen molar-refractivity contribution in [3.05, 3.63) is 36.0 Å². The number of benzene rings is 1. The summed E-state index contributed by atoms with van der Waals surface area (Å²) in [7, 11) is 0. The Labute approximate surface area is 96.3 Å². The molecule has 86 valence electrons. The standard InChI is InChI=1S/C14H19NO/c1-4-14(16,10(2)3)12-5-6-13-11(9-12)7-8-15-13/h5-10,15-16H,4H2,1-3H3. The quantitative estimate of drug-likeness (QED) is 0.812. The van der Waals surface area contributed by atoms with Crippen LogP contribution >= 0.6 is 0 Å². The molecule has 0 aliphatic rings. The Morgan fingerprint density at radius 3 is 2.69 bits per heavy atom. The molecule has 2 aromatic rings. The first kappa shape index (κ1) is 11.2. The topological polar surface area (TPSA) is 36.0 Å². The number of H-pyrrole nitrogens is 1. The fourth-order valence-electron chi connectivity index (χ4n) is 2.27. The fourth-order valence-corrected chi connectivity index (χ4v) is 2.27. The van der Waals surface area contributed by atoms with Crippen LogP contribution in [-0.4, -0.2) is 10.1 Å². The van der Waals surface area contributed by atoms with Gasteiger partial charge in [0.25, 0.3) is 0 Å². The van der Waals surface area contributed by atoms with Crippen molar-refractivity contribution in [1.82, 2.24) is 4.98 Å². The molecule has 0 aliphatic heterocycles. The minimum atomic E-state index is -0.717. The molecule has 0 aliphatic carbocycles. The van der Waals surface area contributed by atoms with E-state index >= 15 is 0 Å². The molecule has 2 heteroatoms. The highest BCUT2D eigenvalue weighted by atomic mass is 16.3. The van der Waals surface area contributed by atoms with Crippen molar-refractivity contribution in [2.75, 3.05) is 0 Å². The third-order valence-corrected chi connectivity index (χ3v) is 3.55. The molecule has 0 saturated carbocycles. The smallest absolute Gasteiger partial charge is 0.0916 e. The van der Waals surface area contributed by atoms with Crippen molar-refractivity contribution < 1.29 is 5.11 Å². The first-order valence-electron chi connectivity index (χ1n) is 5.88. The molecule has 0 saturated heterocycles. The molecule has 2 nitrogen and oxygen atoms in total. The Morgan fingerprint density at radius 2 is 2.06 bits per heavy atom. The van der Waals surface area contributed by atoms with Gasteiger partial charge in [-0.15, -0.1) is 0 Å². The predicted molar refractivity (Wildman–Crippen MR) is 67.3 cm³/mol. The van der Waals surface area contributed by atoms with Crippen molar-refractivity contribution in [3.63, 3.8) is 0 Å². The summed E-state index contributed by atoms with van der Waals surface area (Å²) in [4.78, 5) is 3.16. The molecule has 0 spiro atoms. The summed E-state index contributed by atoms with van der Waals surface area (Å²) in [6, 6.07) is 8.17. The van der Waals surface area contributed by atoms with Crippen LogP contribution in [0.3, 0.4) is 0 Å². The van der Waals surface area contributed by atoms with Gasteiger partial charge < -0.3 is 10.1 Å². The average molecular weight is 217 g/mol. The average Bonchev–Trinajstić information content (AvgIpc) is 2.74. The fraction of sp³-hybridized carbons (Fsp3) is 0.429. The van der Waals surface area contributed by atoms with E-state index in [2.05, 4.69) is 24.9 Å². The Morgan fingerprint density at radius 1 is 1.31 bits per heavy atom. The summed E-state index contributed by atoms with van der Waals surface area (Å²) in [5.41, 5.74) is 1.41. The second-order valence-electron chi connectivity index (χ2n) is 4.71. The zero-order valence-electron chi connectivity index (χ0n) is 10.1. The van der Waals surface area contributed by atoms with E-state index in [4.69, 9.17) is 0 Å². The van der Waals surface area contributed by atoms with Crippen molar-refractivity contribution >= 4 is 10.9 Å². The van der Waals surface area contributed by atoms with Crippen LogP contribution in [0.2, 0.25) is 0 Å². The van der Waals surface area contributed by atoms with Crippen molar-refractivity contribution in [2.24, 2.45) is 5.92 Å². The van der Waals surface area contributed by atoms with Crippen LogP contribution < -0.4 is 0 Å². The van der Waals surface area contributed by atoms with Gasteiger partial charge in [-0.3, -0.25) is 0 Å². The highest BCUT2D eigenvalue weighted by Gasteiger charge is 2.30. The van der Waals surface area contributed by atoms with E-state index in [1.165, 1.54) is 0 Å². The molecule has 2 rings (SSSR count). The molecule has 16 heavy (non-hydrogen) atoms. The highest BCUT2D eigenvalue weighted by Crippen LogP contribution is 2.34. The summed E-state index contributed by atoms with van der Waals surface area (Å²) in [5.74, 6) is 0.217. The monoisotopic (exact) mass is 217 g/mol. The molecule has 0 radical (unpaired) electrons.